The van der Waals surface area contributed by atoms with Crippen LogP contribution in [0.2, 0.25) is 0 Å². The summed E-state index contributed by atoms with van der Waals surface area (Å²) < 4.78 is 10.8. The van der Waals surface area contributed by atoms with Crippen molar-refractivity contribution >= 4 is 0 Å². The molecule has 0 heterocycles. The Labute approximate surface area is 128 Å². The molecular formula is C17H26N2O2. The van der Waals surface area contributed by atoms with Crippen LogP contribution in [0.15, 0.2) is 30.3 Å². The van der Waals surface area contributed by atoms with Crippen molar-refractivity contribution in [3.05, 3.63) is 35.9 Å². The second-order valence-corrected chi connectivity index (χ2v) is 4.87. The van der Waals surface area contributed by atoms with Crippen molar-refractivity contribution in [2.75, 3.05) is 33.0 Å². The summed E-state index contributed by atoms with van der Waals surface area (Å²) in [5, 5.41) is 13.1. The minimum absolute atomic E-state index is 0.534. The molecule has 116 valence electrons. The van der Waals surface area contributed by atoms with E-state index in [0.29, 0.717) is 32.8 Å². The molecule has 0 spiro atoms. The van der Waals surface area contributed by atoms with E-state index in [0.717, 1.165) is 18.5 Å². The van der Waals surface area contributed by atoms with Gasteiger partial charge < -0.3 is 9.47 Å². The largest absolute Gasteiger partial charge is 0.379 e. The Morgan fingerprint density at radius 3 is 2.43 bits per heavy atom. The minimum Gasteiger partial charge on any atom is -0.379 e. The molecule has 0 saturated carbocycles. The number of nitrogens with zero attached hydrogens (tertiary/aromatic N) is 1. The first-order valence-corrected chi connectivity index (χ1v) is 7.66. The van der Waals surface area contributed by atoms with Gasteiger partial charge in [-0.25, -0.2) is 0 Å². The summed E-state index contributed by atoms with van der Waals surface area (Å²) in [6.07, 6.45) is 1.61. The molecule has 0 aromatic heterocycles. The quantitative estimate of drug-likeness (QED) is 0.637. The highest BCUT2D eigenvalue weighted by Crippen LogP contribution is 2.24. The van der Waals surface area contributed by atoms with Gasteiger partial charge in [0.15, 0.2) is 0 Å². The summed E-state index contributed by atoms with van der Waals surface area (Å²) >= 11 is 0. The van der Waals surface area contributed by atoms with Crippen LogP contribution in [0, 0.1) is 11.3 Å². The van der Waals surface area contributed by atoms with Crippen LogP contribution in [0.1, 0.15) is 32.3 Å². The van der Waals surface area contributed by atoms with Crippen molar-refractivity contribution in [1.29, 1.82) is 5.26 Å². The smallest absolute Gasteiger partial charge is 0.134 e. The summed E-state index contributed by atoms with van der Waals surface area (Å²) in [5.41, 5.74) is 0.317. The van der Waals surface area contributed by atoms with E-state index in [2.05, 4.69) is 18.3 Å². The van der Waals surface area contributed by atoms with E-state index in [4.69, 9.17) is 9.47 Å². The lowest BCUT2D eigenvalue weighted by Crippen LogP contribution is -2.42. The Balaban J connectivity index is 2.62. The SMILES string of the molecule is CCCNC(C#N)(CCOCCOCC)c1ccccc1. The normalized spacial score (nSPS) is 13.6. The van der Waals surface area contributed by atoms with Gasteiger partial charge in [0.05, 0.1) is 19.3 Å². The zero-order valence-corrected chi connectivity index (χ0v) is 13.1. The minimum atomic E-state index is -0.678. The molecule has 0 aliphatic heterocycles. The second-order valence-electron chi connectivity index (χ2n) is 4.87. The van der Waals surface area contributed by atoms with Crippen LogP contribution in [0.5, 0.6) is 0 Å². The van der Waals surface area contributed by atoms with Gasteiger partial charge in [-0.2, -0.15) is 5.26 Å². The molecule has 0 amide bonds. The van der Waals surface area contributed by atoms with Gasteiger partial charge in [-0.3, -0.25) is 5.32 Å². The van der Waals surface area contributed by atoms with Crippen LogP contribution in [0.25, 0.3) is 0 Å². The zero-order chi connectivity index (χ0) is 15.4. The maximum atomic E-state index is 9.70. The van der Waals surface area contributed by atoms with E-state index >= 15 is 0 Å². The molecule has 0 saturated heterocycles. The number of ether oxygens (including phenoxy) is 2. The van der Waals surface area contributed by atoms with Crippen molar-refractivity contribution in [2.24, 2.45) is 0 Å². The van der Waals surface area contributed by atoms with Gasteiger partial charge in [-0.15, -0.1) is 0 Å². The fourth-order valence-corrected chi connectivity index (χ4v) is 2.15. The zero-order valence-electron chi connectivity index (χ0n) is 13.1. The van der Waals surface area contributed by atoms with Crippen LogP contribution >= 0.6 is 0 Å². The Hall–Kier alpha value is -1.41. The maximum Gasteiger partial charge on any atom is 0.134 e. The van der Waals surface area contributed by atoms with Gasteiger partial charge >= 0.3 is 0 Å². The summed E-state index contributed by atoms with van der Waals surface area (Å²) in [6.45, 7) is 7.27. The van der Waals surface area contributed by atoms with Gasteiger partial charge in [0, 0.05) is 19.6 Å². The van der Waals surface area contributed by atoms with E-state index in [9.17, 15) is 5.26 Å². The van der Waals surface area contributed by atoms with Crippen molar-refractivity contribution in [2.45, 2.75) is 32.2 Å². The van der Waals surface area contributed by atoms with Crippen molar-refractivity contribution in [3.63, 3.8) is 0 Å². The van der Waals surface area contributed by atoms with Crippen molar-refractivity contribution in [1.82, 2.24) is 5.32 Å². The lowest BCUT2D eigenvalue weighted by atomic mass is 9.88. The Morgan fingerprint density at radius 1 is 1.10 bits per heavy atom. The lowest BCUT2D eigenvalue weighted by molar-refractivity contribution is 0.0460. The molecule has 0 fully saturated rings. The summed E-state index contributed by atoms with van der Waals surface area (Å²) in [4.78, 5) is 0. The van der Waals surface area contributed by atoms with E-state index in [1.165, 1.54) is 0 Å². The van der Waals surface area contributed by atoms with Crippen LogP contribution in [-0.4, -0.2) is 33.0 Å². The molecule has 0 bridgehead atoms. The number of benzene rings is 1. The third-order valence-electron chi connectivity index (χ3n) is 3.33. The fraction of sp³-hybridized carbons (Fsp3) is 0.588. The van der Waals surface area contributed by atoms with Crippen LogP contribution in [0.3, 0.4) is 0 Å². The molecule has 21 heavy (non-hydrogen) atoms. The summed E-state index contributed by atoms with van der Waals surface area (Å²) in [6, 6.07) is 12.3. The predicted molar refractivity (Wildman–Crippen MR) is 84.0 cm³/mol. The predicted octanol–water partition coefficient (Wildman–Crippen LogP) is 2.85. The first-order valence-electron chi connectivity index (χ1n) is 7.66. The molecule has 1 atom stereocenters. The molecule has 1 aromatic carbocycles. The summed E-state index contributed by atoms with van der Waals surface area (Å²) in [7, 11) is 0. The second kappa shape index (κ2) is 10.3. The number of hydrogen-bond donors (Lipinski definition) is 1. The van der Waals surface area contributed by atoms with E-state index in [1.54, 1.807) is 0 Å². The first-order chi connectivity index (χ1) is 10.3. The van der Waals surface area contributed by atoms with Crippen molar-refractivity contribution < 1.29 is 9.47 Å². The molecular weight excluding hydrogens is 264 g/mol. The Kier molecular flexibility index (Phi) is 8.68. The van der Waals surface area contributed by atoms with Gasteiger partial charge in [-0.1, -0.05) is 37.3 Å². The van der Waals surface area contributed by atoms with Crippen molar-refractivity contribution in [3.8, 4) is 6.07 Å². The topological polar surface area (TPSA) is 54.3 Å². The highest BCUT2D eigenvalue weighted by molar-refractivity contribution is 5.31. The standard InChI is InChI=1S/C17H26N2O2/c1-3-11-19-17(15-18,16-8-6-5-7-9-16)10-12-21-14-13-20-4-2/h5-9,19H,3-4,10-14H2,1-2H3. The number of nitrogens with one attached hydrogen (secondary N) is 1. The van der Waals surface area contributed by atoms with Crippen LogP contribution < -0.4 is 5.32 Å². The summed E-state index contributed by atoms with van der Waals surface area (Å²) in [5.74, 6) is 0. The monoisotopic (exact) mass is 290 g/mol. The first kappa shape index (κ1) is 17.6. The van der Waals surface area contributed by atoms with Gasteiger partial charge in [0.1, 0.15) is 5.54 Å². The highest BCUT2D eigenvalue weighted by atomic mass is 16.5. The number of rotatable bonds is 11. The molecule has 1 N–H and O–H groups in total. The molecule has 0 aliphatic rings. The average molecular weight is 290 g/mol. The van der Waals surface area contributed by atoms with Crippen LogP contribution in [-0.2, 0) is 15.0 Å². The molecule has 4 heteroatoms. The average Bonchev–Trinajstić information content (AvgIpc) is 2.55. The Bertz CT molecular complexity index is 417. The highest BCUT2D eigenvalue weighted by Gasteiger charge is 2.31. The third-order valence-corrected chi connectivity index (χ3v) is 3.33. The Morgan fingerprint density at radius 2 is 1.81 bits per heavy atom. The molecule has 1 unspecified atom stereocenters. The molecule has 4 nitrogen and oxygen atoms in total. The number of nitriles is 1. The van der Waals surface area contributed by atoms with E-state index in [-0.39, 0.29) is 0 Å². The molecule has 1 aromatic rings. The number of hydrogen-bond acceptors (Lipinski definition) is 4. The molecule has 0 aliphatic carbocycles. The van der Waals surface area contributed by atoms with Gasteiger partial charge in [0.25, 0.3) is 0 Å². The lowest BCUT2D eigenvalue weighted by Gasteiger charge is -2.28. The molecule has 1 rings (SSSR count). The maximum absolute atomic E-state index is 9.70. The van der Waals surface area contributed by atoms with Gasteiger partial charge in [-0.05, 0) is 25.5 Å². The van der Waals surface area contributed by atoms with E-state index < -0.39 is 5.54 Å². The van der Waals surface area contributed by atoms with E-state index in [1.807, 2.05) is 37.3 Å². The van der Waals surface area contributed by atoms with Crippen LogP contribution in [0.4, 0.5) is 0 Å². The van der Waals surface area contributed by atoms with Gasteiger partial charge in [0.2, 0.25) is 0 Å². The fourth-order valence-electron chi connectivity index (χ4n) is 2.15. The third kappa shape index (κ3) is 5.84. The molecule has 0 radical (unpaired) electrons.